The number of hydrogen-bond acceptors (Lipinski definition) is 4. The van der Waals surface area contributed by atoms with Gasteiger partial charge in [0.15, 0.2) is 11.5 Å². The Balaban J connectivity index is 1.70. The number of H-pyrrole nitrogens is 1. The van der Waals surface area contributed by atoms with Gasteiger partial charge in [0, 0.05) is 23.7 Å². The lowest BCUT2D eigenvalue weighted by atomic mass is 10.1. The first-order valence-electron chi connectivity index (χ1n) is 8.23. The van der Waals surface area contributed by atoms with Crippen LogP contribution in [0.5, 0.6) is 11.5 Å². The predicted octanol–water partition coefficient (Wildman–Crippen LogP) is 3.53. The van der Waals surface area contributed by atoms with Gasteiger partial charge in [-0.05, 0) is 36.8 Å². The van der Waals surface area contributed by atoms with Gasteiger partial charge < -0.3 is 14.5 Å². The van der Waals surface area contributed by atoms with Gasteiger partial charge >= 0.3 is 0 Å². The minimum absolute atomic E-state index is 0.246. The number of hydrogen-bond donors (Lipinski definition) is 2. The molecule has 1 amide bonds. The standard InChI is InChI=1S/C20H21N3O3/c1-13(11-14-7-8-17(25-2)18(12-14)26-3)22-23-20(24)16-6-4-5-15-9-10-21-19(15)16/h4-10,12,21H,11H2,1-3H3,(H,23,24). The zero-order valence-corrected chi connectivity index (χ0v) is 15.0. The van der Waals surface area contributed by atoms with Gasteiger partial charge in [0.1, 0.15) is 0 Å². The quantitative estimate of drug-likeness (QED) is 0.527. The third-order valence-electron chi connectivity index (χ3n) is 4.09. The van der Waals surface area contributed by atoms with E-state index in [1.807, 2.05) is 49.5 Å². The van der Waals surface area contributed by atoms with Crippen molar-refractivity contribution >= 4 is 22.5 Å². The van der Waals surface area contributed by atoms with E-state index in [1.165, 1.54) is 0 Å². The molecule has 6 nitrogen and oxygen atoms in total. The summed E-state index contributed by atoms with van der Waals surface area (Å²) in [6, 6.07) is 13.2. The molecule has 3 aromatic rings. The summed E-state index contributed by atoms with van der Waals surface area (Å²) in [7, 11) is 3.20. The topological polar surface area (TPSA) is 75.7 Å². The molecule has 0 spiro atoms. The molecule has 0 unspecified atom stereocenters. The first-order chi connectivity index (χ1) is 12.6. The highest BCUT2D eigenvalue weighted by molar-refractivity contribution is 6.06. The fourth-order valence-corrected chi connectivity index (χ4v) is 2.81. The van der Waals surface area contributed by atoms with Crippen molar-refractivity contribution in [2.24, 2.45) is 5.10 Å². The lowest BCUT2D eigenvalue weighted by Crippen LogP contribution is -2.20. The van der Waals surface area contributed by atoms with Crippen molar-refractivity contribution in [3.05, 3.63) is 59.8 Å². The number of nitrogens with zero attached hydrogens (tertiary/aromatic N) is 1. The Morgan fingerprint density at radius 3 is 2.69 bits per heavy atom. The van der Waals surface area contributed by atoms with Gasteiger partial charge in [-0.2, -0.15) is 5.10 Å². The molecule has 0 fully saturated rings. The fourth-order valence-electron chi connectivity index (χ4n) is 2.81. The van der Waals surface area contributed by atoms with Crippen LogP contribution in [-0.4, -0.2) is 30.8 Å². The number of methoxy groups -OCH3 is 2. The molecule has 2 aromatic carbocycles. The van der Waals surface area contributed by atoms with E-state index in [0.29, 0.717) is 23.5 Å². The van der Waals surface area contributed by atoms with E-state index in [0.717, 1.165) is 22.2 Å². The third-order valence-corrected chi connectivity index (χ3v) is 4.09. The number of para-hydroxylation sites is 1. The smallest absolute Gasteiger partial charge is 0.273 e. The van der Waals surface area contributed by atoms with Gasteiger partial charge in [-0.25, -0.2) is 5.43 Å². The van der Waals surface area contributed by atoms with Crippen molar-refractivity contribution in [1.29, 1.82) is 0 Å². The number of rotatable bonds is 6. The summed E-state index contributed by atoms with van der Waals surface area (Å²) in [5, 5.41) is 5.21. The second-order valence-electron chi connectivity index (χ2n) is 5.90. The fraction of sp³-hybridized carbons (Fsp3) is 0.200. The van der Waals surface area contributed by atoms with Crippen molar-refractivity contribution in [2.45, 2.75) is 13.3 Å². The molecule has 0 aliphatic carbocycles. The summed E-state index contributed by atoms with van der Waals surface area (Å²) in [5.41, 5.74) is 5.79. The first kappa shape index (κ1) is 17.5. The summed E-state index contributed by atoms with van der Waals surface area (Å²) in [6.45, 7) is 1.87. The van der Waals surface area contributed by atoms with Crippen LogP contribution in [0.3, 0.4) is 0 Å². The van der Waals surface area contributed by atoms with E-state index in [4.69, 9.17) is 9.47 Å². The molecule has 134 valence electrons. The van der Waals surface area contributed by atoms with Crippen molar-refractivity contribution < 1.29 is 14.3 Å². The van der Waals surface area contributed by atoms with Crippen LogP contribution in [0.1, 0.15) is 22.8 Å². The molecule has 0 aliphatic heterocycles. The molecule has 0 aliphatic rings. The monoisotopic (exact) mass is 351 g/mol. The van der Waals surface area contributed by atoms with Gasteiger partial charge in [-0.3, -0.25) is 4.79 Å². The maximum Gasteiger partial charge on any atom is 0.273 e. The molecule has 1 aromatic heterocycles. The Kier molecular flexibility index (Phi) is 5.22. The molecule has 0 bridgehead atoms. The van der Waals surface area contributed by atoms with E-state index in [-0.39, 0.29) is 5.91 Å². The van der Waals surface area contributed by atoms with Gasteiger partial charge in [-0.15, -0.1) is 0 Å². The number of ether oxygens (including phenoxy) is 2. The van der Waals surface area contributed by atoms with Crippen LogP contribution in [0.4, 0.5) is 0 Å². The summed E-state index contributed by atoms with van der Waals surface area (Å²) in [6.07, 6.45) is 2.40. The van der Waals surface area contributed by atoms with Gasteiger partial charge in [0.2, 0.25) is 0 Å². The van der Waals surface area contributed by atoms with Crippen molar-refractivity contribution in [1.82, 2.24) is 10.4 Å². The average Bonchev–Trinajstić information content (AvgIpc) is 3.14. The number of amides is 1. The van der Waals surface area contributed by atoms with Crippen LogP contribution >= 0.6 is 0 Å². The Labute approximate surface area is 151 Å². The molecular formula is C20H21N3O3. The minimum Gasteiger partial charge on any atom is -0.493 e. The predicted molar refractivity (Wildman–Crippen MR) is 102 cm³/mol. The number of fused-ring (bicyclic) bond motifs is 1. The molecular weight excluding hydrogens is 330 g/mol. The van der Waals surface area contributed by atoms with E-state index in [2.05, 4.69) is 15.5 Å². The lowest BCUT2D eigenvalue weighted by Gasteiger charge is -2.09. The van der Waals surface area contributed by atoms with E-state index >= 15 is 0 Å². The number of aromatic nitrogens is 1. The van der Waals surface area contributed by atoms with Crippen molar-refractivity contribution in [2.75, 3.05) is 14.2 Å². The van der Waals surface area contributed by atoms with Crippen molar-refractivity contribution in [3.8, 4) is 11.5 Å². The number of carbonyl (C=O) groups is 1. The zero-order valence-electron chi connectivity index (χ0n) is 15.0. The normalized spacial score (nSPS) is 11.4. The summed E-state index contributed by atoms with van der Waals surface area (Å²) >= 11 is 0. The molecule has 26 heavy (non-hydrogen) atoms. The van der Waals surface area contributed by atoms with E-state index in [9.17, 15) is 4.79 Å². The highest BCUT2D eigenvalue weighted by atomic mass is 16.5. The zero-order chi connectivity index (χ0) is 18.5. The van der Waals surface area contributed by atoms with Gasteiger partial charge in [-0.1, -0.05) is 18.2 Å². The number of carbonyl (C=O) groups excluding carboxylic acids is 1. The van der Waals surface area contributed by atoms with Gasteiger partial charge in [0.05, 0.1) is 25.3 Å². The molecule has 0 saturated carbocycles. The Morgan fingerprint density at radius 2 is 1.92 bits per heavy atom. The molecule has 6 heteroatoms. The van der Waals surface area contributed by atoms with E-state index in [1.54, 1.807) is 20.3 Å². The molecule has 0 saturated heterocycles. The molecule has 1 heterocycles. The van der Waals surface area contributed by atoms with E-state index < -0.39 is 0 Å². The second kappa shape index (κ2) is 7.74. The van der Waals surface area contributed by atoms with Crippen LogP contribution < -0.4 is 14.9 Å². The highest BCUT2D eigenvalue weighted by Crippen LogP contribution is 2.27. The lowest BCUT2D eigenvalue weighted by molar-refractivity contribution is 0.0956. The number of aromatic amines is 1. The SMILES string of the molecule is COc1ccc(CC(C)=NNC(=O)c2cccc3cc[nH]c23)cc1OC. The Morgan fingerprint density at radius 1 is 1.12 bits per heavy atom. The Bertz CT molecular complexity index is 960. The molecule has 3 rings (SSSR count). The van der Waals surface area contributed by atoms with Crippen LogP contribution in [-0.2, 0) is 6.42 Å². The highest BCUT2D eigenvalue weighted by Gasteiger charge is 2.10. The first-order valence-corrected chi connectivity index (χ1v) is 8.23. The third kappa shape index (κ3) is 3.69. The van der Waals surface area contributed by atoms with Crippen LogP contribution in [0.25, 0.3) is 10.9 Å². The molecule has 0 radical (unpaired) electrons. The number of benzene rings is 2. The van der Waals surface area contributed by atoms with Crippen LogP contribution in [0.15, 0.2) is 53.8 Å². The molecule has 2 N–H and O–H groups in total. The summed E-state index contributed by atoms with van der Waals surface area (Å²) in [4.78, 5) is 15.5. The maximum atomic E-state index is 12.4. The average molecular weight is 351 g/mol. The second-order valence-corrected chi connectivity index (χ2v) is 5.90. The maximum absolute atomic E-state index is 12.4. The number of nitrogens with one attached hydrogen (secondary N) is 2. The Hall–Kier alpha value is -3.28. The molecule has 0 atom stereocenters. The summed E-state index contributed by atoms with van der Waals surface area (Å²) in [5.74, 6) is 1.10. The summed E-state index contributed by atoms with van der Waals surface area (Å²) < 4.78 is 10.5. The van der Waals surface area contributed by atoms with Crippen molar-refractivity contribution in [3.63, 3.8) is 0 Å². The largest absolute Gasteiger partial charge is 0.493 e. The van der Waals surface area contributed by atoms with Gasteiger partial charge in [0.25, 0.3) is 5.91 Å². The van der Waals surface area contributed by atoms with Crippen LogP contribution in [0, 0.1) is 0 Å². The van der Waals surface area contributed by atoms with Crippen LogP contribution in [0.2, 0.25) is 0 Å². The minimum atomic E-state index is -0.246. The number of hydrazone groups is 1.